The number of carbonyl (C=O) groups excluding carboxylic acids is 2. The first-order chi connectivity index (χ1) is 11.6. The minimum Gasteiger partial charge on any atom is -0.352 e. The average molecular weight is 332 g/mol. The van der Waals surface area contributed by atoms with Gasteiger partial charge in [-0.25, -0.2) is 4.39 Å². The van der Waals surface area contributed by atoms with Gasteiger partial charge in [-0.2, -0.15) is 4.98 Å². The maximum Gasteiger partial charge on any atom is 0.239 e. The summed E-state index contributed by atoms with van der Waals surface area (Å²) in [4.78, 5) is 27.3. The van der Waals surface area contributed by atoms with Crippen LogP contribution in [0.1, 0.15) is 25.2 Å². The molecule has 0 aliphatic heterocycles. The number of benzene rings is 1. The highest BCUT2D eigenvalue weighted by Crippen LogP contribution is 2.18. The van der Waals surface area contributed by atoms with Crippen LogP contribution in [-0.4, -0.2) is 34.5 Å². The van der Waals surface area contributed by atoms with Gasteiger partial charge in [-0.05, 0) is 37.1 Å². The largest absolute Gasteiger partial charge is 0.352 e. The van der Waals surface area contributed by atoms with E-state index in [0.29, 0.717) is 17.3 Å². The fourth-order valence-electron chi connectivity index (χ4n) is 2.07. The quantitative estimate of drug-likeness (QED) is 0.794. The fourth-order valence-corrected chi connectivity index (χ4v) is 2.07. The molecule has 1 saturated carbocycles. The first-order valence-electron chi connectivity index (χ1n) is 7.75. The summed E-state index contributed by atoms with van der Waals surface area (Å²) >= 11 is 0. The van der Waals surface area contributed by atoms with E-state index in [2.05, 4.69) is 20.8 Å². The standard InChI is InChI=1S/C16H17FN4O3/c17-11-3-1-10(2-4-11)16-20-15(24-21-16)8-7-13(22)18-9-14(23)19-12-5-6-12/h1-4,12H,5-9H2,(H,18,22)(H,19,23). The maximum absolute atomic E-state index is 12.9. The van der Waals surface area contributed by atoms with Crippen LogP contribution in [-0.2, 0) is 16.0 Å². The van der Waals surface area contributed by atoms with E-state index >= 15 is 0 Å². The zero-order valence-electron chi connectivity index (χ0n) is 12.9. The van der Waals surface area contributed by atoms with Crippen LogP contribution in [0.15, 0.2) is 28.8 Å². The number of nitrogens with one attached hydrogen (secondary N) is 2. The lowest BCUT2D eigenvalue weighted by molar-refractivity contribution is -0.126. The number of carbonyl (C=O) groups is 2. The first-order valence-corrected chi connectivity index (χ1v) is 7.75. The molecule has 126 valence electrons. The molecule has 8 heteroatoms. The van der Waals surface area contributed by atoms with E-state index in [1.807, 2.05) is 0 Å². The predicted molar refractivity (Wildman–Crippen MR) is 82.2 cm³/mol. The summed E-state index contributed by atoms with van der Waals surface area (Å²) in [6.45, 7) is -0.0278. The van der Waals surface area contributed by atoms with E-state index in [1.165, 1.54) is 12.1 Å². The Morgan fingerprint density at radius 1 is 1.21 bits per heavy atom. The van der Waals surface area contributed by atoms with Crippen molar-refractivity contribution in [3.8, 4) is 11.4 Å². The van der Waals surface area contributed by atoms with Crippen LogP contribution in [0.25, 0.3) is 11.4 Å². The van der Waals surface area contributed by atoms with Crippen LogP contribution in [0, 0.1) is 5.82 Å². The van der Waals surface area contributed by atoms with Gasteiger partial charge >= 0.3 is 0 Å². The molecule has 1 aliphatic rings. The second kappa shape index (κ2) is 7.20. The van der Waals surface area contributed by atoms with Gasteiger partial charge in [0, 0.05) is 24.4 Å². The predicted octanol–water partition coefficient (Wildman–Crippen LogP) is 1.20. The van der Waals surface area contributed by atoms with Crippen molar-refractivity contribution in [3.05, 3.63) is 36.0 Å². The molecule has 0 saturated heterocycles. The van der Waals surface area contributed by atoms with Gasteiger partial charge in [0.05, 0.1) is 6.54 Å². The zero-order valence-corrected chi connectivity index (χ0v) is 12.9. The SMILES string of the molecule is O=C(CCc1nc(-c2ccc(F)cc2)no1)NCC(=O)NC1CC1. The van der Waals surface area contributed by atoms with Crippen molar-refractivity contribution in [1.29, 1.82) is 0 Å². The van der Waals surface area contributed by atoms with Crippen molar-refractivity contribution in [2.24, 2.45) is 0 Å². The third-order valence-corrected chi connectivity index (χ3v) is 3.53. The minimum atomic E-state index is -0.343. The van der Waals surface area contributed by atoms with Gasteiger partial charge in [0.1, 0.15) is 5.82 Å². The second-order valence-corrected chi connectivity index (χ2v) is 5.64. The Hall–Kier alpha value is -2.77. The number of aromatic nitrogens is 2. The topological polar surface area (TPSA) is 97.1 Å². The summed E-state index contributed by atoms with van der Waals surface area (Å²) in [5, 5.41) is 9.14. The molecule has 3 rings (SSSR count). The Balaban J connectivity index is 1.43. The highest BCUT2D eigenvalue weighted by Gasteiger charge is 2.23. The molecular weight excluding hydrogens is 315 g/mol. The molecular formula is C16H17FN4O3. The van der Waals surface area contributed by atoms with Crippen molar-refractivity contribution in [3.63, 3.8) is 0 Å². The van der Waals surface area contributed by atoms with Crippen LogP contribution >= 0.6 is 0 Å². The molecule has 0 unspecified atom stereocenters. The molecule has 0 spiro atoms. The molecule has 1 heterocycles. The summed E-state index contributed by atoms with van der Waals surface area (Å²) in [6, 6.07) is 6.00. The lowest BCUT2D eigenvalue weighted by Gasteiger charge is -2.04. The molecule has 1 aromatic heterocycles. The van der Waals surface area contributed by atoms with Gasteiger partial charge in [-0.15, -0.1) is 0 Å². The molecule has 24 heavy (non-hydrogen) atoms. The normalized spacial score (nSPS) is 13.5. The van der Waals surface area contributed by atoms with E-state index in [9.17, 15) is 14.0 Å². The summed E-state index contributed by atoms with van der Waals surface area (Å²) in [5.41, 5.74) is 0.632. The summed E-state index contributed by atoms with van der Waals surface area (Å²) in [6.07, 6.45) is 2.42. The van der Waals surface area contributed by atoms with Crippen LogP contribution < -0.4 is 10.6 Å². The van der Waals surface area contributed by atoms with Crippen molar-refractivity contribution in [1.82, 2.24) is 20.8 Å². The van der Waals surface area contributed by atoms with Crippen LogP contribution in [0.4, 0.5) is 4.39 Å². The van der Waals surface area contributed by atoms with Crippen LogP contribution in [0.3, 0.4) is 0 Å². The molecule has 1 aliphatic carbocycles. The summed E-state index contributed by atoms with van der Waals surface area (Å²) < 4.78 is 18.0. The van der Waals surface area contributed by atoms with E-state index < -0.39 is 0 Å². The molecule has 0 radical (unpaired) electrons. The zero-order chi connectivity index (χ0) is 16.9. The van der Waals surface area contributed by atoms with Crippen molar-refractivity contribution < 1.29 is 18.5 Å². The highest BCUT2D eigenvalue weighted by molar-refractivity contribution is 5.84. The molecule has 1 fully saturated rings. The molecule has 7 nitrogen and oxygen atoms in total. The lowest BCUT2D eigenvalue weighted by atomic mass is 10.2. The summed E-state index contributed by atoms with van der Waals surface area (Å²) in [5.74, 6) is -0.129. The Kier molecular flexibility index (Phi) is 4.83. The van der Waals surface area contributed by atoms with E-state index in [1.54, 1.807) is 12.1 Å². The Morgan fingerprint density at radius 3 is 2.67 bits per heavy atom. The molecule has 0 atom stereocenters. The minimum absolute atomic E-state index is 0.0278. The van der Waals surface area contributed by atoms with Gasteiger partial charge in [0.2, 0.25) is 23.5 Å². The van der Waals surface area contributed by atoms with Crippen LogP contribution in [0.5, 0.6) is 0 Å². The number of aryl methyl sites for hydroxylation is 1. The molecule has 2 N–H and O–H groups in total. The molecule has 1 aromatic carbocycles. The van der Waals surface area contributed by atoms with E-state index in [-0.39, 0.29) is 43.1 Å². The van der Waals surface area contributed by atoms with Crippen molar-refractivity contribution in [2.45, 2.75) is 31.7 Å². The molecule has 0 bridgehead atoms. The van der Waals surface area contributed by atoms with Crippen molar-refractivity contribution >= 4 is 11.8 Å². The fraction of sp³-hybridized carbons (Fsp3) is 0.375. The smallest absolute Gasteiger partial charge is 0.239 e. The third kappa shape index (κ3) is 4.61. The van der Waals surface area contributed by atoms with Gasteiger partial charge in [0.15, 0.2) is 0 Å². The van der Waals surface area contributed by atoms with Gasteiger partial charge in [-0.3, -0.25) is 9.59 Å². The maximum atomic E-state index is 12.9. The van der Waals surface area contributed by atoms with Crippen LogP contribution in [0.2, 0.25) is 0 Å². The number of amides is 2. The van der Waals surface area contributed by atoms with E-state index in [0.717, 1.165) is 12.8 Å². The average Bonchev–Trinajstić information content (AvgIpc) is 3.25. The number of rotatable bonds is 7. The number of hydrogen-bond acceptors (Lipinski definition) is 5. The summed E-state index contributed by atoms with van der Waals surface area (Å²) in [7, 11) is 0. The number of halogens is 1. The molecule has 2 aromatic rings. The van der Waals surface area contributed by atoms with Gasteiger partial charge in [-0.1, -0.05) is 5.16 Å². The monoisotopic (exact) mass is 332 g/mol. The highest BCUT2D eigenvalue weighted by atomic mass is 19.1. The Labute approximate surface area is 137 Å². The van der Waals surface area contributed by atoms with Gasteiger partial charge < -0.3 is 15.2 Å². The number of hydrogen-bond donors (Lipinski definition) is 2. The van der Waals surface area contributed by atoms with Gasteiger partial charge in [0.25, 0.3) is 0 Å². The second-order valence-electron chi connectivity index (χ2n) is 5.64. The Morgan fingerprint density at radius 2 is 1.96 bits per heavy atom. The lowest BCUT2D eigenvalue weighted by Crippen LogP contribution is -2.37. The van der Waals surface area contributed by atoms with E-state index in [4.69, 9.17) is 4.52 Å². The third-order valence-electron chi connectivity index (χ3n) is 3.53. The van der Waals surface area contributed by atoms with Crippen molar-refractivity contribution in [2.75, 3.05) is 6.54 Å². The Bertz CT molecular complexity index is 725. The first kappa shape index (κ1) is 16.1. The number of nitrogens with zero attached hydrogens (tertiary/aromatic N) is 2. The molecule has 2 amide bonds.